The lowest BCUT2D eigenvalue weighted by Gasteiger charge is -2.36. The molecule has 6 heteroatoms. The maximum absolute atomic E-state index is 11.0. The van der Waals surface area contributed by atoms with Gasteiger partial charge in [-0.1, -0.05) is 72.5 Å². The fourth-order valence-corrected chi connectivity index (χ4v) is 5.44. The molecule has 0 spiro atoms. The monoisotopic (exact) mass is 395 g/mol. The number of allylic oxidation sites excluding steroid dienone is 1. The van der Waals surface area contributed by atoms with Crippen LogP contribution in [0.5, 0.6) is 0 Å². The van der Waals surface area contributed by atoms with Crippen LogP contribution in [0.3, 0.4) is 0 Å². The third-order valence-electron chi connectivity index (χ3n) is 4.78. The molecular formula is C21H21N3OS2. The number of thioether (sulfide) groups is 1. The summed E-state index contributed by atoms with van der Waals surface area (Å²) in [5, 5.41) is 12.3. The van der Waals surface area contributed by atoms with Crippen molar-refractivity contribution in [2.75, 3.05) is 0 Å². The molecule has 2 heterocycles. The zero-order chi connectivity index (χ0) is 19.0. The summed E-state index contributed by atoms with van der Waals surface area (Å²) in [6, 6.07) is 18.1. The van der Waals surface area contributed by atoms with E-state index >= 15 is 0 Å². The summed E-state index contributed by atoms with van der Waals surface area (Å²) in [6.45, 7) is 4.88. The molecule has 27 heavy (non-hydrogen) atoms. The van der Waals surface area contributed by atoms with Gasteiger partial charge in [0.15, 0.2) is 0 Å². The zero-order valence-corrected chi connectivity index (χ0v) is 16.9. The molecule has 1 saturated heterocycles. The SMILES string of the molecule is CC1(C)SC(=S)N(Cc2ccccc2)C1N(O)C=C1C=Nc2ccccc21. The van der Waals surface area contributed by atoms with Crippen LogP contribution in [-0.4, -0.2) is 36.6 Å². The van der Waals surface area contributed by atoms with Crippen LogP contribution >= 0.6 is 24.0 Å². The van der Waals surface area contributed by atoms with Crippen molar-refractivity contribution in [2.45, 2.75) is 31.3 Å². The lowest BCUT2D eigenvalue weighted by molar-refractivity contribution is -0.122. The minimum Gasteiger partial charge on any atom is -0.329 e. The van der Waals surface area contributed by atoms with Gasteiger partial charge in [0.05, 0.1) is 10.4 Å². The van der Waals surface area contributed by atoms with Gasteiger partial charge < -0.3 is 4.90 Å². The van der Waals surface area contributed by atoms with Crippen molar-refractivity contribution in [1.82, 2.24) is 9.96 Å². The molecule has 0 aromatic heterocycles. The van der Waals surface area contributed by atoms with Gasteiger partial charge in [-0.2, -0.15) is 0 Å². The van der Waals surface area contributed by atoms with Crippen molar-refractivity contribution in [1.29, 1.82) is 0 Å². The Morgan fingerprint density at radius 2 is 1.89 bits per heavy atom. The van der Waals surface area contributed by atoms with Gasteiger partial charge in [-0.25, -0.2) is 5.06 Å². The summed E-state index contributed by atoms with van der Waals surface area (Å²) in [7, 11) is 0. The molecule has 1 atom stereocenters. The normalized spacial score (nSPS) is 21.7. The Kier molecular flexibility index (Phi) is 4.80. The van der Waals surface area contributed by atoms with Crippen molar-refractivity contribution in [3.05, 3.63) is 71.9 Å². The van der Waals surface area contributed by atoms with E-state index in [0.29, 0.717) is 6.54 Å². The van der Waals surface area contributed by atoms with Crippen LogP contribution in [0.1, 0.15) is 25.0 Å². The van der Waals surface area contributed by atoms with Crippen LogP contribution < -0.4 is 0 Å². The van der Waals surface area contributed by atoms with Crippen LogP contribution in [0.2, 0.25) is 0 Å². The van der Waals surface area contributed by atoms with E-state index < -0.39 is 0 Å². The zero-order valence-electron chi connectivity index (χ0n) is 15.2. The Balaban J connectivity index is 1.64. The van der Waals surface area contributed by atoms with E-state index in [-0.39, 0.29) is 10.9 Å². The summed E-state index contributed by atoms with van der Waals surface area (Å²) in [5.74, 6) is 0. The molecular weight excluding hydrogens is 374 g/mol. The molecule has 2 aromatic carbocycles. The van der Waals surface area contributed by atoms with Crippen molar-refractivity contribution in [3.8, 4) is 0 Å². The number of rotatable bonds is 4. The average Bonchev–Trinajstić information content (AvgIpc) is 3.14. The van der Waals surface area contributed by atoms with Crippen molar-refractivity contribution in [3.63, 3.8) is 0 Å². The van der Waals surface area contributed by atoms with Gasteiger partial charge >= 0.3 is 0 Å². The topological polar surface area (TPSA) is 39.1 Å². The molecule has 0 amide bonds. The summed E-state index contributed by atoms with van der Waals surface area (Å²) in [4.78, 5) is 6.51. The van der Waals surface area contributed by atoms with E-state index in [2.05, 4.69) is 35.9 Å². The van der Waals surface area contributed by atoms with Crippen LogP contribution in [0.15, 0.2) is 65.8 Å². The molecule has 4 rings (SSSR count). The number of hydroxylamine groups is 2. The molecule has 1 fully saturated rings. The third kappa shape index (κ3) is 3.52. The molecule has 0 saturated carbocycles. The highest BCUT2D eigenvalue weighted by Crippen LogP contribution is 2.43. The molecule has 0 bridgehead atoms. The Morgan fingerprint density at radius 3 is 2.67 bits per heavy atom. The second kappa shape index (κ2) is 7.11. The third-order valence-corrected chi connectivity index (χ3v) is 6.41. The average molecular weight is 396 g/mol. The smallest absolute Gasteiger partial charge is 0.142 e. The highest BCUT2D eigenvalue weighted by atomic mass is 32.2. The molecule has 2 aliphatic heterocycles. The minimum atomic E-state index is -0.274. The van der Waals surface area contributed by atoms with Crippen LogP contribution in [0.25, 0.3) is 5.57 Å². The first-order valence-electron chi connectivity index (χ1n) is 8.82. The van der Waals surface area contributed by atoms with Gasteiger partial charge in [-0.05, 0) is 25.5 Å². The second-order valence-corrected chi connectivity index (χ2v) is 9.49. The van der Waals surface area contributed by atoms with E-state index in [9.17, 15) is 5.21 Å². The second-order valence-electron chi connectivity index (χ2n) is 7.20. The van der Waals surface area contributed by atoms with E-state index in [1.807, 2.05) is 42.5 Å². The predicted molar refractivity (Wildman–Crippen MR) is 116 cm³/mol. The predicted octanol–water partition coefficient (Wildman–Crippen LogP) is 5.07. The molecule has 0 radical (unpaired) electrons. The fraction of sp³-hybridized carbons (Fsp3) is 0.238. The Hall–Kier alpha value is -2.15. The fourth-order valence-electron chi connectivity index (χ4n) is 3.56. The first-order chi connectivity index (χ1) is 13.0. The quantitative estimate of drug-likeness (QED) is 0.578. The summed E-state index contributed by atoms with van der Waals surface area (Å²) < 4.78 is 0.541. The number of thiocarbonyl (C=S) groups is 1. The van der Waals surface area contributed by atoms with Crippen molar-refractivity contribution >= 4 is 45.8 Å². The number of hydrogen-bond acceptors (Lipinski definition) is 5. The standard InChI is InChI=1S/C21H21N3OS2/c1-21(2)19(23(20(26)27-21)13-15-8-4-3-5-9-15)24(25)14-16-12-22-18-11-7-6-10-17(16)18/h3-12,14,19,25H,13H2,1-2H3. The van der Waals surface area contributed by atoms with Crippen LogP contribution in [0, 0.1) is 0 Å². The summed E-state index contributed by atoms with van der Waals surface area (Å²) >= 11 is 7.26. The van der Waals surface area contributed by atoms with E-state index in [0.717, 1.165) is 26.7 Å². The molecule has 2 aliphatic rings. The molecule has 2 aromatic rings. The summed E-state index contributed by atoms with van der Waals surface area (Å²) in [5.41, 5.74) is 4.01. The van der Waals surface area contributed by atoms with Gasteiger partial charge in [0.2, 0.25) is 0 Å². The van der Waals surface area contributed by atoms with Gasteiger partial charge in [0.1, 0.15) is 10.5 Å². The largest absolute Gasteiger partial charge is 0.329 e. The number of hydrogen-bond donors (Lipinski definition) is 1. The van der Waals surface area contributed by atoms with Crippen LogP contribution in [0.4, 0.5) is 5.69 Å². The highest BCUT2D eigenvalue weighted by molar-refractivity contribution is 8.24. The number of nitrogens with zero attached hydrogens (tertiary/aromatic N) is 3. The molecule has 138 valence electrons. The van der Waals surface area contributed by atoms with Crippen molar-refractivity contribution in [2.24, 2.45) is 4.99 Å². The van der Waals surface area contributed by atoms with Crippen molar-refractivity contribution < 1.29 is 5.21 Å². The first kappa shape index (κ1) is 18.2. The number of benzene rings is 2. The number of para-hydroxylation sites is 1. The number of aliphatic imine (C=N–C) groups is 1. The molecule has 1 unspecified atom stereocenters. The first-order valence-corrected chi connectivity index (χ1v) is 10.0. The minimum absolute atomic E-state index is 0.257. The van der Waals surface area contributed by atoms with Gasteiger partial charge in [0, 0.05) is 30.1 Å². The Labute approximate surface area is 169 Å². The van der Waals surface area contributed by atoms with E-state index in [1.165, 1.54) is 5.06 Å². The molecule has 0 aliphatic carbocycles. The summed E-state index contributed by atoms with van der Waals surface area (Å²) in [6.07, 6.45) is 3.28. The van der Waals surface area contributed by atoms with E-state index in [1.54, 1.807) is 24.2 Å². The lowest BCUT2D eigenvalue weighted by Crippen LogP contribution is -2.50. The maximum Gasteiger partial charge on any atom is 0.142 e. The van der Waals surface area contributed by atoms with Gasteiger partial charge in [-0.3, -0.25) is 10.2 Å². The van der Waals surface area contributed by atoms with E-state index in [4.69, 9.17) is 12.2 Å². The molecule has 1 N–H and O–H groups in total. The lowest BCUT2D eigenvalue weighted by atomic mass is 10.1. The number of fused-ring (bicyclic) bond motifs is 1. The molecule has 4 nitrogen and oxygen atoms in total. The van der Waals surface area contributed by atoms with Gasteiger partial charge in [-0.15, -0.1) is 0 Å². The highest BCUT2D eigenvalue weighted by Gasteiger charge is 2.47. The van der Waals surface area contributed by atoms with Gasteiger partial charge in [0.25, 0.3) is 0 Å². The van der Waals surface area contributed by atoms with Crippen LogP contribution in [-0.2, 0) is 6.54 Å². The Bertz CT molecular complexity index is 924. The maximum atomic E-state index is 11.0. The Morgan fingerprint density at radius 1 is 1.19 bits per heavy atom.